The van der Waals surface area contributed by atoms with Gasteiger partial charge in [-0.15, -0.1) is 13.2 Å². The van der Waals surface area contributed by atoms with Gasteiger partial charge in [0.05, 0.1) is 13.2 Å². The van der Waals surface area contributed by atoms with Crippen LogP contribution in [0.1, 0.15) is 20.3 Å². The number of allylic oxidation sites excluding steroid dienone is 1. The quantitative estimate of drug-likeness (QED) is 0.482. The largest absolute Gasteiger partial charge is 0.480 e. The van der Waals surface area contributed by atoms with E-state index >= 15 is 0 Å². The van der Waals surface area contributed by atoms with E-state index in [1.54, 1.807) is 6.92 Å². The third kappa shape index (κ3) is 6.85. The van der Waals surface area contributed by atoms with Crippen molar-refractivity contribution in [2.45, 2.75) is 26.3 Å². The molecule has 0 aliphatic carbocycles. The number of carboxylic acid groups (broad SMARTS) is 1. The summed E-state index contributed by atoms with van der Waals surface area (Å²) < 4.78 is 5.04. The van der Waals surface area contributed by atoms with E-state index in [4.69, 9.17) is 9.84 Å². The second kappa shape index (κ2) is 8.47. The van der Waals surface area contributed by atoms with E-state index in [2.05, 4.69) is 18.5 Å². The van der Waals surface area contributed by atoms with Gasteiger partial charge in [-0.3, -0.25) is 4.79 Å². The van der Waals surface area contributed by atoms with Gasteiger partial charge >= 0.3 is 5.97 Å². The number of aliphatic carboxylic acids is 1. The van der Waals surface area contributed by atoms with E-state index in [1.807, 2.05) is 6.92 Å². The van der Waals surface area contributed by atoms with E-state index < -0.39 is 12.0 Å². The molecule has 102 valence electrons. The van der Waals surface area contributed by atoms with Crippen molar-refractivity contribution in [3.63, 3.8) is 0 Å². The molecular weight excluding hydrogens is 234 g/mol. The van der Waals surface area contributed by atoms with Gasteiger partial charge < -0.3 is 15.2 Å². The molecule has 0 aromatic heterocycles. The third-order valence-electron chi connectivity index (χ3n) is 2.24. The summed E-state index contributed by atoms with van der Waals surface area (Å²) in [4.78, 5) is 22.7. The van der Waals surface area contributed by atoms with Crippen LogP contribution in [0.5, 0.6) is 0 Å². The van der Waals surface area contributed by atoms with Crippen molar-refractivity contribution in [3.8, 4) is 0 Å². The molecule has 0 aromatic rings. The highest BCUT2D eigenvalue weighted by Gasteiger charge is 2.22. The van der Waals surface area contributed by atoms with Crippen molar-refractivity contribution >= 4 is 11.9 Å². The lowest BCUT2D eigenvalue weighted by Gasteiger charge is -2.17. The first kappa shape index (κ1) is 16.4. The van der Waals surface area contributed by atoms with Gasteiger partial charge in [0.1, 0.15) is 0 Å². The zero-order chi connectivity index (χ0) is 14.1. The number of ether oxygens (including phenoxy) is 1. The molecule has 0 heterocycles. The Balaban J connectivity index is 4.30. The van der Waals surface area contributed by atoms with Gasteiger partial charge in [-0.25, -0.2) is 4.79 Å². The Bertz CT molecular complexity index is 325. The number of rotatable bonds is 9. The molecule has 5 heteroatoms. The van der Waals surface area contributed by atoms with Crippen molar-refractivity contribution in [1.82, 2.24) is 5.32 Å². The predicted molar refractivity (Wildman–Crippen MR) is 69.2 cm³/mol. The lowest BCUT2D eigenvalue weighted by atomic mass is 10.0. The molecule has 0 aromatic carbocycles. The highest BCUT2D eigenvalue weighted by atomic mass is 16.5. The number of carboxylic acids is 1. The average molecular weight is 255 g/mol. The molecule has 5 nitrogen and oxygen atoms in total. The van der Waals surface area contributed by atoms with Crippen LogP contribution in [0.15, 0.2) is 24.8 Å². The van der Waals surface area contributed by atoms with Gasteiger partial charge in [0.2, 0.25) is 5.91 Å². The van der Waals surface area contributed by atoms with Crippen LogP contribution in [0.4, 0.5) is 0 Å². The van der Waals surface area contributed by atoms with Crippen LogP contribution in [-0.4, -0.2) is 36.2 Å². The third-order valence-corrected chi connectivity index (χ3v) is 2.24. The minimum absolute atomic E-state index is 0.0765. The summed E-state index contributed by atoms with van der Waals surface area (Å²) in [5.74, 6) is -1.73. The zero-order valence-corrected chi connectivity index (χ0v) is 10.9. The number of hydrogen-bond acceptors (Lipinski definition) is 3. The first-order valence-corrected chi connectivity index (χ1v) is 5.74. The summed E-state index contributed by atoms with van der Waals surface area (Å²) in [6.45, 7) is 10.9. The zero-order valence-electron chi connectivity index (χ0n) is 10.9. The molecule has 2 unspecified atom stereocenters. The Morgan fingerprint density at radius 3 is 2.56 bits per heavy atom. The smallest absolute Gasteiger partial charge is 0.328 e. The van der Waals surface area contributed by atoms with E-state index in [-0.39, 0.29) is 25.0 Å². The van der Waals surface area contributed by atoms with Gasteiger partial charge in [-0.05, 0) is 13.3 Å². The molecule has 0 rings (SSSR count). The summed E-state index contributed by atoms with van der Waals surface area (Å²) >= 11 is 0. The van der Waals surface area contributed by atoms with E-state index in [0.29, 0.717) is 6.42 Å². The number of hydrogen-bond donors (Lipinski definition) is 2. The normalized spacial score (nSPS) is 13.4. The van der Waals surface area contributed by atoms with Gasteiger partial charge in [-0.2, -0.15) is 0 Å². The van der Waals surface area contributed by atoms with Crippen molar-refractivity contribution < 1.29 is 19.4 Å². The molecule has 2 N–H and O–H groups in total. The Morgan fingerprint density at radius 2 is 2.11 bits per heavy atom. The molecule has 18 heavy (non-hydrogen) atoms. The van der Waals surface area contributed by atoms with Gasteiger partial charge in [0.25, 0.3) is 0 Å². The summed E-state index contributed by atoms with van der Waals surface area (Å²) in [7, 11) is 0. The van der Waals surface area contributed by atoms with Crippen LogP contribution >= 0.6 is 0 Å². The minimum atomic E-state index is -1.12. The van der Waals surface area contributed by atoms with E-state index in [1.165, 1.54) is 6.08 Å². The number of carbonyl (C=O) groups is 2. The molecule has 0 bridgehead atoms. The maximum atomic E-state index is 11.7. The highest BCUT2D eigenvalue weighted by molar-refractivity contribution is 5.85. The predicted octanol–water partition coefficient (Wildman–Crippen LogP) is 1.36. The Kier molecular flexibility index (Phi) is 7.71. The first-order valence-electron chi connectivity index (χ1n) is 5.74. The second-order valence-corrected chi connectivity index (χ2v) is 4.29. The Labute approximate surface area is 108 Å². The summed E-state index contributed by atoms with van der Waals surface area (Å²) in [6, 6.07) is -1.04. The molecule has 0 radical (unpaired) electrons. The van der Waals surface area contributed by atoms with Crippen LogP contribution in [-0.2, 0) is 14.3 Å². The molecule has 0 aliphatic rings. The number of amides is 1. The standard InChI is InChI=1S/C13H21NO4/c1-5-6-18-8-11(13(16)17)14-12(15)10(4)7-9(2)3/h5,10-11H,1-2,6-8H2,3-4H3,(H,14,15)(H,16,17). The molecule has 1 amide bonds. The van der Waals surface area contributed by atoms with Gasteiger partial charge in [0, 0.05) is 5.92 Å². The first-order chi connectivity index (χ1) is 8.38. The van der Waals surface area contributed by atoms with E-state index in [9.17, 15) is 9.59 Å². The second-order valence-electron chi connectivity index (χ2n) is 4.29. The average Bonchev–Trinajstić information content (AvgIpc) is 2.26. The summed E-state index contributed by atoms with van der Waals surface area (Å²) in [6.07, 6.45) is 2.05. The van der Waals surface area contributed by atoms with Gasteiger partial charge in [0.15, 0.2) is 6.04 Å². The SMILES string of the molecule is C=CCOCC(NC(=O)C(C)CC(=C)C)C(=O)O. The number of nitrogens with one attached hydrogen (secondary N) is 1. The lowest BCUT2D eigenvalue weighted by molar-refractivity contribution is -0.144. The lowest BCUT2D eigenvalue weighted by Crippen LogP contribution is -2.46. The fourth-order valence-corrected chi connectivity index (χ4v) is 1.37. The van der Waals surface area contributed by atoms with Crippen molar-refractivity contribution in [3.05, 3.63) is 24.8 Å². The van der Waals surface area contributed by atoms with E-state index in [0.717, 1.165) is 5.57 Å². The van der Waals surface area contributed by atoms with Crippen molar-refractivity contribution in [2.75, 3.05) is 13.2 Å². The topological polar surface area (TPSA) is 75.6 Å². The van der Waals surface area contributed by atoms with Crippen molar-refractivity contribution in [1.29, 1.82) is 0 Å². The molecule has 0 fully saturated rings. The van der Waals surface area contributed by atoms with Crippen LogP contribution in [0.3, 0.4) is 0 Å². The molecule has 0 spiro atoms. The summed E-state index contributed by atoms with van der Waals surface area (Å²) in [5.41, 5.74) is 0.882. The molecule has 0 aliphatic heterocycles. The molecule has 0 saturated heterocycles. The number of carbonyl (C=O) groups excluding carboxylic acids is 1. The maximum absolute atomic E-state index is 11.7. The van der Waals surface area contributed by atoms with Crippen LogP contribution < -0.4 is 5.32 Å². The Morgan fingerprint density at radius 1 is 1.50 bits per heavy atom. The monoisotopic (exact) mass is 255 g/mol. The van der Waals surface area contributed by atoms with Crippen LogP contribution in [0, 0.1) is 5.92 Å². The molecular formula is C13H21NO4. The van der Waals surface area contributed by atoms with Gasteiger partial charge in [-0.1, -0.05) is 18.6 Å². The fourth-order valence-electron chi connectivity index (χ4n) is 1.37. The molecule has 2 atom stereocenters. The minimum Gasteiger partial charge on any atom is -0.480 e. The summed E-state index contributed by atoms with van der Waals surface area (Å²) in [5, 5.41) is 11.4. The molecule has 0 saturated carbocycles. The maximum Gasteiger partial charge on any atom is 0.328 e. The fraction of sp³-hybridized carbons (Fsp3) is 0.538. The highest BCUT2D eigenvalue weighted by Crippen LogP contribution is 2.09. The van der Waals surface area contributed by atoms with Crippen LogP contribution in [0.25, 0.3) is 0 Å². The Hall–Kier alpha value is -1.62. The van der Waals surface area contributed by atoms with Crippen LogP contribution in [0.2, 0.25) is 0 Å². The van der Waals surface area contributed by atoms with Crippen molar-refractivity contribution in [2.24, 2.45) is 5.92 Å².